The lowest BCUT2D eigenvalue weighted by Crippen LogP contribution is -1.97. The molecule has 0 aliphatic heterocycles. The van der Waals surface area contributed by atoms with Crippen molar-refractivity contribution in [1.82, 2.24) is 9.97 Å². The number of rotatable bonds is 1. The molecule has 0 aliphatic carbocycles. The molecule has 0 spiro atoms. The second-order valence-corrected chi connectivity index (χ2v) is 3.90. The molecule has 1 aromatic heterocycles. The van der Waals surface area contributed by atoms with Gasteiger partial charge in [0.2, 0.25) is 0 Å². The van der Waals surface area contributed by atoms with Crippen LogP contribution in [-0.2, 0) is 0 Å². The number of hydrogen-bond acceptors (Lipinski definition) is 2. The Bertz CT molecular complexity index is 461. The van der Waals surface area contributed by atoms with Gasteiger partial charge in [-0.3, -0.25) is 0 Å². The summed E-state index contributed by atoms with van der Waals surface area (Å²) in [5.74, 6) is 1.31. The van der Waals surface area contributed by atoms with Crippen LogP contribution in [0.15, 0.2) is 24.4 Å². The van der Waals surface area contributed by atoms with Crippen LogP contribution in [-0.4, -0.2) is 9.97 Å². The molecule has 0 bridgehead atoms. The van der Waals surface area contributed by atoms with E-state index < -0.39 is 0 Å². The Balaban J connectivity index is 2.70. The molecule has 0 fully saturated rings. The van der Waals surface area contributed by atoms with Crippen molar-refractivity contribution in [1.29, 1.82) is 0 Å². The maximum absolute atomic E-state index is 4.56. The van der Waals surface area contributed by atoms with E-state index in [1.54, 1.807) is 0 Å². The van der Waals surface area contributed by atoms with Crippen LogP contribution in [0.2, 0.25) is 0 Å². The Kier molecular flexibility index (Phi) is 2.20. The van der Waals surface area contributed by atoms with Crippen molar-refractivity contribution in [3.05, 3.63) is 35.8 Å². The van der Waals surface area contributed by atoms with Crippen molar-refractivity contribution < 1.29 is 0 Å². The number of fused-ring (bicyclic) bond motifs is 1. The Morgan fingerprint density at radius 1 is 1.21 bits per heavy atom. The van der Waals surface area contributed by atoms with Crippen LogP contribution in [0.5, 0.6) is 0 Å². The minimum atomic E-state index is 0.388. The molecule has 0 saturated carbocycles. The highest BCUT2D eigenvalue weighted by atomic mass is 14.9. The highest BCUT2D eigenvalue weighted by Crippen LogP contribution is 2.17. The molecule has 0 saturated heterocycles. The predicted molar refractivity (Wildman–Crippen MR) is 58.4 cm³/mol. The summed E-state index contributed by atoms with van der Waals surface area (Å²) in [6, 6.07) is 6.17. The normalized spacial score (nSPS) is 11.1. The molecule has 2 aromatic rings. The molecule has 0 atom stereocenters. The van der Waals surface area contributed by atoms with Crippen LogP contribution >= 0.6 is 0 Å². The topological polar surface area (TPSA) is 25.8 Å². The molecular weight excluding hydrogens is 172 g/mol. The van der Waals surface area contributed by atoms with Gasteiger partial charge in [-0.05, 0) is 12.5 Å². The van der Waals surface area contributed by atoms with Crippen molar-refractivity contribution in [2.75, 3.05) is 0 Å². The molecule has 0 aliphatic rings. The first kappa shape index (κ1) is 9.13. The first-order chi connectivity index (χ1) is 6.68. The van der Waals surface area contributed by atoms with E-state index in [1.165, 1.54) is 5.56 Å². The summed E-state index contributed by atoms with van der Waals surface area (Å²) in [7, 11) is 0. The van der Waals surface area contributed by atoms with Crippen molar-refractivity contribution >= 4 is 10.9 Å². The summed E-state index contributed by atoms with van der Waals surface area (Å²) in [5, 5.41) is 1.12. The standard InChI is InChI=1S/C12H14N2/c1-8(2)12-13-7-10-6-4-5-9(3)11(10)14-12/h4-8H,1-3H3. The summed E-state index contributed by atoms with van der Waals surface area (Å²) < 4.78 is 0. The molecule has 1 heterocycles. The number of benzene rings is 1. The first-order valence-electron chi connectivity index (χ1n) is 4.91. The fourth-order valence-electron chi connectivity index (χ4n) is 1.50. The molecule has 0 unspecified atom stereocenters. The van der Waals surface area contributed by atoms with Gasteiger partial charge in [0, 0.05) is 17.5 Å². The van der Waals surface area contributed by atoms with Gasteiger partial charge in [0.1, 0.15) is 5.82 Å². The number of aromatic nitrogens is 2. The van der Waals surface area contributed by atoms with E-state index in [0.29, 0.717) is 5.92 Å². The van der Waals surface area contributed by atoms with Crippen LogP contribution in [0.4, 0.5) is 0 Å². The molecule has 14 heavy (non-hydrogen) atoms. The number of para-hydroxylation sites is 1. The average molecular weight is 186 g/mol. The molecule has 2 rings (SSSR count). The third-order valence-electron chi connectivity index (χ3n) is 2.35. The highest BCUT2D eigenvalue weighted by molar-refractivity contribution is 5.80. The number of aryl methyl sites for hydroxylation is 1. The van der Waals surface area contributed by atoms with Gasteiger partial charge in [-0.2, -0.15) is 0 Å². The van der Waals surface area contributed by atoms with Gasteiger partial charge in [0.15, 0.2) is 0 Å². The SMILES string of the molecule is Cc1cccc2cnc(C(C)C)nc12. The van der Waals surface area contributed by atoms with Gasteiger partial charge in [-0.15, -0.1) is 0 Å². The monoisotopic (exact) mass is 186 g/mol. The molecule has 0 amide bonds. The third-order valence-corrected chi connectivity index (χ3v) is 2.35. The van der Waals surface area contributed by atoms with Crippen LogP contribution in [0, 0.1) is 6.92 Å². The van der Waals surface area contributed by atoms with E-state index >= 15 is 0 Å². The maximum atomic E-state index is 4.56. The minimum Gasteiger partial charge on any atom is -0.240 e. The largest absolute Gasteiger partial charge is 0.240 e. The van der Waals surface area contributed by atoms with Gasteiger partial charge in [0.25, 0.3) is 0 Å². The quantitative estimate of drug-likeness (QED) is 0.684. The molecule has 2 heteroatoms. The van der Waals surface area contributed by atoms with E-state index in [-0.39, 0.29) is 0 Å². The lowest BCUT2D eigenvalue weighted by Gasteiger charge is -2.05. The second kappa shape index (κ2) is 3.37. The van der Waals surface area contributed by atoms with Crippen LogP contribution in [0.1, 0.15) is 31.2 Å². The van der Waals surface area contributed by atoms with E-state index in [9.17, 15) is 0 Å². The lowest BCUT2D eigenvalue weighted by molar-refractivity contribution is 0.782. The van der Waals surface area contributed by atoms with E-state index in [2.05, 4.69) is 36.8 Å². The second-order valence-electron chi connectivity index (χ2n) is 3.90. The maximum Gasteiger partial charge on any atom is 0.131 e. The van der Waals surface area contributed by atoms with Crippen LogP contribution in [0.3, 0.4) is 0 Å². The molecule has 0 radical (unpaired) electrons. The van der Waals surface area contributed by atoms with Crippen LogP contribution in [0.25, 0.3) is 10.9 Å². The Labute approximate surface area is 84.0 Å². The fraction of sp³-hybridized carbons (Fsp3) is 0.333. The molecule has 72 valence electrons. The van der Waals surface area contributed by atoms with E-state index in [1.807, 2.05) is 18.3 Å². The van der Waals surface area contributed by atoms with Crippen molar-refractivity contribution in [3.8, 4) is 0 Å². The molecule has 1 aromatic carbocycles. The van der Waals surface area contributed by atoms with Gasteiger partial charge >= 0.3 is 0 Å². The smallest absolute Gasteiger partial charge is 0.131 e. The Morgan fingerprint density at radius 2 is 2.00 bits per heavy atom. The van der Waals surface area contributed by atoms with Crippen molar-refractivity contribution in [2.45, 2.75) is 26.7 Å². The third kappa shape index (κ3) is 1.48. The highest BCUT2D eigenvalue weighted by Gasteiger charge is 2.04. The molecular formula is C12H14N2. The van der Waals surface area contributed by atoms with E-state index in [0.717, 1.165) is 16.7 Å². The zero-order chi connectivity index (χ0) is 10.1. The average Bonchev–Trinajstić information content (AvgIpc) is 2.18. The predicted octanol–water partition coefficient (Wildman–Crippen LogP) is 3.06. The summed E-state index contributed by atoms with van der Waals surface area (Å²) in [6.07, 6.45) is 1.91. The van der Waals surface area contributed by atoms with Crippen molar-refractivity contribution in [2.24, 2.45) is 0 Å². The van der Waals surface area contributed by atoms with Crippen molar-refractivity contribution in [3.63, 3.8) is 0 Å². The Hall–Kier alpha value is -1.44. The molecule has 2 nitrogen and oxygen atoms in total. The summed E-state index contributed by atoms with van der Waals surface area (Å²) >= 11 is 0. The van der Waals surface area contributed by atoms with Gasteiger partial charge in [-0.25, -0.2) is 9.97 Å². The summed E-state index contributed by atoms with van der Waals surface area (Å²) in [5.41, 5.74) is 2.29. The summed E-state index contributed by atoms with van der Waals surface area (Å²) in [6.45, 7) is 6.30. The number of hydrogen-bond donors (Lipinski definition) is 0. The Morgan fingerprint density at radius 3 is 2.71 bits per heavy atom. The lowest BCUT2D eigenvalue weighted by atomic mass is 10.1. The molecule has 0 N–H and O–H groups in total. The zero-order valence-corrected chi connectivity index (χ0v) is 8.78. The van der Waals surface area contributed by atoms with E-state index in [4.69, 9.17) is 0 Å². The van der Waals surface area contributed by atoms with Crippen LogP contribution < -0.4 is 0 Å². The van der Waals surface area contributed by atoms with Gasteiger partial charge in [-0.1, -0.05) is 32.0 Å². The zero-order valence-electron chi connectivity index (χ0n) is 8.78. The van der Waals surface area contributed by atoms with Gasteiger partial charge < -0.3 is 0 Å². The van der Waals surface area contributed by atoms with Gasteiger partial charge in [0.05, 0.1) is 5.52 Å². The minimum absolute atomic E-state index is 0.388. The first-order valence-corrected chi connectivity index (χ1v) is 4.91. The summed E-state index contributed by atoms with van der Waals surface area (Å²) in [4.78, 5) is 8.90. The fourth-order valence-corrected chi connectivity index (χ4v) is 1.50. The number of nitrogens with zero attached hydrogens (tertiary/aromatic N) is 2.